The minimum absolute atomic E-state index is 0.0698. The Morgan fingerprint density at radius 2 is 1.22 bits per heavy atom. The van der Waals surface area contributed by atoms with E-state index in [0.29, 0.717) is 56.3 Å². The molecule has 0 aromatic heterocycles. The van der Waals surface area contributed by atoms with Gasteiger partial charge in [0.2, 0.25) is 35.4 Å². The van der Waals surface area contributed by atoms with Crippen LogP contribution in [-0.2, 0) is 46.3 Å². The Morgan fingerprint density at radius 1 is 0.667 bits per heavy atom. The van der Waals surface area contributed by atoms with Crippen LogP contribution in [0.3, 0.4) is 0 Å². The second-order valence-corrected chi connectivity index (χ2v) is 18.8. The van der Waals surface area contributed by atoms with Crippen molar-refractivity contribution in [2.75, 3.05) is 33.8 Å². The Balaban J connectivity index is 1.01. The number of carbonyl (C=O) groups excluding carboxylic acids is 6. The quantitative estimate of drug-likeness (QED) is 0.109. The molecule has 2 aliphatic carbocycles. The molecular weight excluding hydrogens is 873 g/mol. The summed E-state index contributed by atoms with van der Waals surface area (Å²) in [6.45, 7) is 6.00. The van der Waals surface area contributed by atoms with Crippen molar-refractivity contribution < 1.29 is 33.5 Å². The molecule has 368 valence electrons. The van der Waals surface area contributed by atoms with Crippen LogP contribution >= 0.6 is 0 Å². The molecule has 0 saturated carbocycles. The van der Waals surface area contributed by atoms with Gasteiger partial charge in [-0.2, -0.15) is 0 Å². The van der Waals surface area contributed by atoms with Gasteiger partial charge in [0.25, 0.3) is 0 Å². The smallest absolute Gasteiger partial charge is 0.250 e. The van der Waals surface area contributed by atoms with Gasteiger partial charge in [-0.3, -0.25) is 28.8 Å². The summed E-state index contributed by atoms with van der Waals surface area (Å²) < 4.78 is 6.12. The summed E-state index contributed by atoms with van der Waals surface area (Å²) in [5, 5.41) is 18.3. The molecule has 3 aromatic rings. The number of likely N-dealkylation sites (N-methyl/N-ethyl adjacent to an activating group) is 2. The molecule has 4 aliphatic rings. The van der Waals surface area contributed by atoms with E-state index in [1.54, 1.807) is 62.0 Å². The van der Waals surface area contributed by atoms with E-state index in [1.165, 1.54) is 11.1 Å². The normalized spacial score (nSPS) is 21.8. The van der Waals surface area contributed by atoms with Gasteiger partial charge in [-0.1, -0.05) is 79.4 Å². The lowest BCUT2D eigenvalue weighted by Crippen LogP contribution is -2.59. The van der Waals surface area contributed by atoms with E-state index in [0.717, 1.165) is 49.7 Å². The maximum Gasteiger partial charge on any atom is 0.250 e. The minimum Gasteiger partial charge on any atom is -0.363 e. The van der Waals surface area contributed by atoms with Crippen LogP contribution in [-0.4, -0.2) is 115 Å². The molecule has 0 bridgehead atoms. The number of hydrogen-bond acceptors (Lipinski definition) is 9. The zero-order valence-corrected chi connectivity index (χ0v) is 40.8. The highest BCUT2D eigenvalue weighted by Gasteiger charge is 2.42. The predicted molar refractivity (Wildman–Crippen MR) is 263 cm³/mol. The SMILES string of the molecule is CC[C@@H](NC)C(=O)N[C@H](C(=O)N1CCC[C@@H]1C(=O)N[C@@H]1CCCc2ccccc21)c1ccc(C#CCO[C@H](C)[C@H](NC(=O)[C@@H](C)NC)C(=O)N2CCC[C@@H]2C(=O)N[C@@H]2CCCc3ccccc32)cc1. The molecule has 6 N–H and O–H groups in total. The average molecular weight is 943 g/mol. The summed E-state index contributed by atoms with van der Waals surface area (Å²) in [5.41, 5.74) is 5.87. The Kier molecular flexibility index (Phi) is 17.6. The van der Waals surface area contributed by atoms with Gasteiger partial charge in [-0.05, 0) is 139 Å². The minimum atomic E-state index is -1.08. The van der Waals surface area contributed by atoms with E-state index >= 15 is 0 Å². The van der Waals surface area contributed by atoms with Crippen molar-refractivity contribution in [2.24, 2.45) is 0 Å². The fraction of sp³-hybridized carbons (Fsp3) is 0.519. The molecule has 7 rings (SSSR count). The number of hydrogen-bond donors (Lipinski definition) is 6. The summed E-state index contributed by atoms with van der Waals surface area (Å²) in [6.07, 6.45) is 7.61. The van der Waals surface area contributed by atoms with E-state index in [2.05, 4.69) is 68.0 Å². The van der Waals surface area contributed by atoms with E-state index in [9.17, 15) is 28.8 Å². The Labute approximate surface area is 407 Å². The van der Waals surface area contributed by atoms with Crippen LogP contribution in [0.2, 0.25) is 0 Å². The van der Waals surface area contributed by atoms with Crippen molar-refractivity contribution in [3.05, 3.63) is 106 Å². The number of ether oxygens (including phenoxy) is 1. The van der Waals surface area contributed by atoms with E-state index in [1.807, 2.05) is 31.2 Å². The summed E-state index contributed by atoms with van der Waals surface area (Å²) >= 11 is 0. The van der Waals surface area contributed by atoms with Crippen molar-refractivity contribution >= 4 is 35.4 Å². The Hall–Kier alpha value is -6.08. The van der Waals surface area contributed by atoms with E-state index in [4.69, 9.17) is 4.74 Å². The fourth-order valence-electron chi connectivity index (χ4n) is 10.3. The van der Waals surface area contributed by atoms with Gasteiger partial charge in [-0.25, -0.2) is 0 Å². The van der Waals surface area contributed by atoms with Gasteiger partial charge in [0.1, 0.15) is 30.8 Å². The third-order valence-corrected chi connectivity index (χ3v) is 14.4. The number of fused-ring (bicyclic) bond motifs is 2. The molecule has 2 heterocycles. The molecule has 69 heavy (non-hydrogen) atoms. The van der Waals surface area contributed by atoms with Crippen LogP contribution in [0, 0.1) is 11.8 Å². The highest BCUT2D eigenvalue weighted by atomic mass is 16.5. The van der Waals surface area contributed by atoms with Crippen molar-refractivity contribution in [1.29, 1.82) is 0 Å². The van der Waals surface area contributed by atoms with Crippen molar-refractivity contribution in [3.8, 4) is 11.8 Å². The molecule has 0 spiro atoms. The Morgan fingerprint density at radius 3 is 1.75 bits per heavy atom. The molecule has 15 heteroatoms. The predicted octanol–water partition coefficient (Wildman–Crippen LogP) is 4.06. The number of nitrogens with zero attached hydrogens (tertiary/aromatic N) is 2. The third kappa shape index (κ3) is 12.2. The van der Waals surface area contributed by atoms with Crippen LogP contribution < -0.4 is 31.9 Å². The number of carbonyl (C=O) groups is 6. The fourth-order valence-corrected chi connectivity index (χ4v) is 10.3. The Bertz CT molecular complexity index is 2380. The molecule has 6 amide bonds. The molecule has 2 aliphatic heterocycles. The third-order valence-electron chi connectivity index (χ3n) is 14.4. The highest BCUT2D eigenvalue weighted by molar-refractivity contribution is 5.95. The van der Waals surface area contributed by atoms with Crippen LogP contribution in [0.5, 0.6) is 0 Å². The maximum atomic E-state index is 14.5. The first-order valence-corrected chi connectivity index (χ1v) is 24.9. The average Bonchev–Trinajstić information content (AvgIpc) is 4.08. The lowest BCUT2D eigenvalue weighted by molar-refractivity contribution is -0.145. The maximum absolute atomic E-state index is 14.5. The molecule has 0 radical (unpaired) electrons. The monoisotopic (exact) mass is 943 g/mol. The van der Waals surface area contributed by atoms with Gasteiger partial charge in [0.15, 0.2) is 0 Å². The van der Waals surface area contributed by atoms with Crippen molar-refractivity contribution in [2.45, 2.75) is 146 Å². The lowest BCUT2D eigenvalue weighted by Gasteiger charge is -2.33. The van der Waals surface area contributed by atoms with Gasteiger partial charge in [-0.15, -0.1) is 0 Å². The number of aryl methyl sites for hydroxylation is 2. The van der Waals surface area contributed by atoms with Gasteiger partial charge in [0.05, 0.1) is 30.3 Å². The number of rotatable bonds is 17. The molecule has 3 aromatic carbocycles. The second kappa shape index (κ2) is 24.0. The zero-order valence-electron chi connectivity index (χ0n) is 40.8. The number of amides is 6. The summed E-state index contributed by atoms with van der Waals surface area (Å²) in [6, 6.07) is 18.5. The van der Waals surface area contributed by atoms with Crippen molar-refractivity contribution in [3.63, 3.8) is 0 Å². The highest BCUT2D eigenvalue weighted by Crippen LogP contribution is 2.32. The lowest BCUT2D eigenvalue weighted by atomic mass is 9.87. The second-order valence-electron chi connectivity index (χ2n) is 18.8. The van der Waals surface area contributed by atoms with Gasteiger partial charge < -0.3 is 46.4 Å². The first-order valence-electron chi connectivity index (χ1n) is 24.9. The summed E-state index contributed by atoms with van der Waals surface area (Å²) in [5.74, 6) is 4.27. The van der Waals surface area contributed by atoms with Crippen molar-refractivity contribution in [1.82, 2.24) is 41.7 Å². The zero-order chi connectivity index (χ0) is 49.0. The van der Waals surface area contributed by atoms with E-state index < -0.39 is 48.3 Å². The first-order chi connectivity index (χ1) is 33.4. The largest absolute Gasteiger partial charge is 0.363 e. The molecule has 9 atom stereocenters. The topological polar surface area (TPSA) is 190 Å². The first kappa shape index (κ1) is 50.8. The number of likely N-dealkylation sites (tertiary alicyclic amines) is 2. The standard InChI is InChI=1S/C54H70N8O7/c1-6-42(56-5)50(64)60-48(54(68)62-32-14-26-46(62)52(66)58-44-24-12-20-38-18-8-10-22-41(38)44)39-29-27-36(28-30-39)16-15-33-69-35(3)47(59-49(63)34(2)55-4)53(67)61-31-13-25-45(61)51(65)57-43-23-11-19-37-17-7-9-21-40(37)43/h7-10,17-18,21-22,27-30,34-35,42-48,55-56H,6,11-14,19-20,23-26,31-33H2,1-5H3,(H,57,65)(H,58,66)(H,59,63)(H,60,64)/t34-,35-,42-,43-,44-,45-,46-,47+,48+/m1/s1. The molecular formula is C54H70N8O7. The van der Waals surface area contributed by atoms with Gasteiger partial charge in [0, 0.05) is 18.7 Å². The molecule has 2 fully saturated rings. The molecule has 15 nitrogen and oxygen atoms in total. The molecule has 0 unspecified atom stereocenters. The van der Waals surface area contributed by atoms with Crippen LogP contribution in [0.1, 0.15) is 130 Å². The van der Waals surface area contributed by atoms with Crippen LogP contribution in [0.4, 0.5) is 0 Å². The van der Waals surface area contributed by atoms with Crippen LogP contribution in [0.15, 0.2) is 72.8 Å². The summed E-state index contributed by atoms with van der Waals surface area (Å²) in [4.78, 5) is 86.5. The van der Waals surface area contributed by atoms with Crippen LogP contribution in [0.25, 0.3) is 0 Å². The summed E-state index contributed by atoms with van der Waals surface area (Å²) in [7, 11) is 3.36. The van der Waals surface area contributed by atoms with E-state index in [-0.39, 0.29) is 48.2 Å². The number of nitrogens with one attached hydrogen (secondary N) is 6. The number of benzene rings is 3. The van der Waals surface area contributed by atoms with Gasteiger partial charge >= 0.3 is 0 Å². The molecule has 2 saturated heterocycles.